The SMILES string of the molecule is COc1ccc(C(=O)N2c3ccccc3N(Cc3ccccc3)C(=O)C2(C)C)cc1. The molecule has 1 heterocycles. The summed E-state index contributed by atoms with van der Waals surface area (Å²) in [6, 6.07) is 24.4. The third-order valence-corrected chi connectivity index (χ3v) is 5.46. The molecule has 0 spiro atoms. The number of ether oxygens (including phenoxy) is 1. The van der Waals surface area contributed by atoms with Gasteiger partial charge in [0.25, 0.3) is 11.8 Å². The van der Waals surface area contributed by atoms with Gasteiger partial charge in [-0.05, 0) is 55.8 Å². The Morgan fingerprint density at radius 1 is 0.867 bits per heavy atom. The van der Waals surface area contributed by atoms with Crippen LogP contribution in [-0.2, 0) is 11.3 Å². The highest BCUT2D eigenvalue weighted by atomic mass is 16.5. The molecule has 5 heteroatoms. The van der Waals surface area contributed by atoms with Gasteiger partial charge in [0.15, 0.2) is 0 Å². The molecule has 4 rings (SSSR count). The van der Waals surface area contributed by atoms with E-state index < -0.39 is 5.54 Å². The average Bonchev–Trinajstić information content (AvgIpc) is 2.77. The maximum absolute atomic E-state index is 13.6. The van der Waals surface area contributed by atoms with Gasteiger partial charge in [0, 0.05) is 5.56 Å². The first-order valence-electron chi connectivity index (χ1n) is 9.87. The molecule has 0 atom stereocenters. The molecule has 0 aliphatic carbocycles. The van der Waals surface area contributed by atoms with Crippen LogP contribution in [0.1, 0.15) is 29.8 Å². The number of methoxy groups -OCH3 is 1. The van der Waals surface area contributed by atoms with Crippen molar-refractivity contribution < 1.29 is 14.3 Å². The second-order valence-electron chi connectivity index (χ2n) is 7.79. The molecule has 0 bridgehead atoms. The van der Waals surface area contributed by atoms with Gasteiger partial charge in [0.2, 0.25) is 0 Å². The third kappa shape index (κ3) is 3.32. The fourth-order valence-electron chi connectivity index (χ4n) is 3.87. The number of fused-ring (bicyclic) bond motifs is 1. The zero-order chi connectivity index (χ0) is 21.3. The minimum atomic E-state index is -1.04. The Morgan fingerprint density at radius 2 is 1.47 bits per heavy atom. The van der Waals surface area contributed by atoms with Crippen molar-refractivity contribution in [3.63, 3.8) is 0 Å². The van der Waals surface area contributed by atoms with Crippen LogP contribution in [0.25, 0.3) is 0 Å². The van der Waals surface area contributed by atoms with Gasteiger partial charge >= 0.3 is 0 Å². The second-order valence-corrected chi connectivity index (χ2v) is 7.79. The highest BCUT2D eigenvalue weighted by Crippen LogP contribution is 2.42. The summed E-state index contributed by atoms with van der Waals surface area (Å²) in [6.07, 6.45) is 0. The molecule has 0 unspecified atom stereocenters. The van der Waals surface area contributed by atoms with Crippen molar-refractivity contribution in [2.75, 3.05) is 16.9 Å². The first-order chi connectivity index (χ1) is 14.4. The van der Waals surface area contributed by atoms with Gasteiger partial charge < -0.3 is 9.64 Å². The van der Waals surface area contributed by atoms with E-state index in [1.54, 1.807) is 55.0 Å². The van der Waals surface area contributed by atoms with E-state index in [4.69, 9.17) is 4.74 Å². The maximum atomic E-state index is 13.6. The normalized spacial score (nSPS) is 15.0. The predicted octanol–water partition coefficient (Wildman–Crippen LogP) is 4.67. The van der Waals surface area contributed by atoms with Crippen molar-refractivity contribution in [2.45, 2.75) is 25.9 Å². The summed E-state index contributed by atoms with van der Waals surface area (Å²) in [4.78, 5) is 30.4. The Balaban J connectivity index is 1.78. The second kappa shape index (κ2) is 7.67. The number of anilines is 2. The van der Waals surface area contributed by atoms with E-state index in [9.17, 15) is 9.59 Å². The Morgan fingerprint density at radius 3 is 2.10 bits per heavy atom. The molecule has 5 nitrogen and oxygen atoms in total. The number of hydrogen-bond acceptors (Lipinski definition) is 3. The summed E-state index contributed by atoms with van der Waals surface area (Å²) in [5, 5.41) is 0. The van der Waals surface area contributed by atoms with Crippen LogP contribution in [-0.4, -0.2) is 24.5 Å². The van der Waals surface area contributed by atoms with Crippen molar-refractivity contribution in [1.82, 2.24) is 0 Å². The number of amides is 2. The Bertz CT molecular complexity index is 1080. The number of carbonyl (C=O) groups excluding carboxylic acids is 2. The smallest absolute Gasteiger partial charge is 0.259 e. The molecule has 152 valence electrons. The van der Waals surface area contributed by atoms with E-state index in [0.29, 0.717) is 17.9 Å². The van der Waals surface area contributed by atoms with Crippen molar-refractivity contribution in [2.24, 2.45) is 0 Å². The molecule has 2 amide bonds. The fourth-order valence-corrected chi connectivity index (χ4v) is 3.87. The molecule has 0 fully saturated rings. The first kappa shape index (κ1) is 19.7. The number of nitrogens with zero attached hydrogens (tertiary/aromatic N) is 2. The summed E-state index contributed by atoms with van der Waals surface area (Å²) in [7, 11) is 1.58. The minimum absolute atomic E-state index is 0.119. The molecule has 0 radical (unpaired) electrons. The quantitative estimate of drug-likeness (QED) is 0.640. The lowest BCUT2D eigenvalue weighted by atomic mass is 9.93. The lowest BCUT2D eigenvalue weighted by Crippen LogP contribution is -2.62. The van der Waals surface area contributed by atoms with Crippen LogP contribution in [0.4, 0.5) is 11.4 Å². The van der Waals surface area contributed by atoms with Crippen molar-refractivity contribution >= 4 is 23.2 Å². The summed E-state index contributed by atoms with van der Waals surface area (Å²) < 4.78 is 5.19. The molecular weight excluding hydrogens is 376 g/mol. The standard InChI is InChI=1S/C25H24N2O3/c1-25(2)24(29)26(17-18-9-5-4-6-10-18)21-11-7-8-12-22(21)27(25)23(28)19-13-15-20(30-3)16-14-19/h4-16H,17H2,1-3H3. The third-order valence-electron chi connectivity index (χ3n) is 5.46. The Labute approximate surface area is 176 Å². The molecule has 0 aromatic heterocycles. The predicted molar refractivity (Wildman–Crippen MR) is 118 cm³/mol. The number of para-hydroxylation sites is 2. The van der Waals surface area contributed by atoms with Crippen LogP contribution in [0.2, 0.25) is 0 Å². The zero-order valence-corrected chi connectivity index (χ0v) is 17.3. The summed E-state index contributed by atoms with van der Waals surface area (Å²) in [6.45, 7) is 4.04. The van der Waals surface area contributed by atoms with Gasteiger partial charge in [0.05, 0.1) is 25.0 Å². The lowest BCUT2D eigenvalue weighted by Gasteiger charge is -2.46. The average molecular weight is 400 g/mol. The molecule has 0 saturated heterocycles. The van der Waals surface area contributed by atoms with Crippen LogP contribution in [0.15, 0.2) is 78.9 Å². The molecule has 0 N–H and O–H groups in total. The highest BCUT2D eigenvalue weighted by Gasteiger charge is 2.47. The number of carbonyl (C=O) groups is 2. The number of rotatable bonds is 4. The summed E-state index contributed by atoms with van der Waals surface area (Å²) in [5.74, 6) is 0.338. The lowest BCUT2D eigenvalue weighted by molar-refractivity contribution is -0.123. The van der Waals surface area contributed by atoms with Crippen molar-refractivity contribution in [1.29, 1.82) is 0 Å². The van der Waals surface area contributed by atoms with Gasteiger partial charge in [0.1, 0.15) is 11.3 Å². The fraction of sp³-hybridized carbons (Fsp3) is 0.200. The molecule has 3 aromatic rings. The van der Waals surface area contributed by atoms with Crippen LogP contribution in [0, 0.1) is 0 Å². The van der Waals surface area contributed by atoms with Gasteiger partial charge in [-0.2, -0.15) is 0 Å². The van der Waals surface area contributed by atoms with E-state index >= 15 is 0 Å². The van der Waals surface area contributed by atoms with E-state index in [1.165, 1.54) is 0 Å². The molecule has 0 saturated carbocycles. The topological polar surface area (TPSA) is 49.9 Å². The van der Waals surface area contributed by atoms with Crippen molar-refractivity contribution in [3.8, 4) is 5.75 Å². The highest BCUT2D eigenvalue weighted by molar-refractivity contribution is 6.19. The van der Waals surface area contributed by atoms with E-state index in [2.05, 4.69) is 0 Å². The molecule has 3 aromatic carbocycles. The van der Waals surface area contributed by atoms with Gasteiger partial charge in [-0.3, -0.25) is 14.5 Å². The van der Waals surface area contributed by atoms with Gasteiger partial charge in [-0.15, -0.1) is 0 Å². The molecule has 1 aliphatic heterocycles. The Kier molecular flexibility index (Phi) is 5.04. The monoisotopic (exact) mass is 400 g/mol. The van der Waals surface area contributed by atoms with Crippen LogP contribution in [0.3, 0.4) is 0 Å². The Hall–Kier alpha value is -3.60. The number of hydrogen-bond donors (Lipinski definition) is 0. The molecule has 30 heavy (non-hydrogen) atoms. The van der Waals surface area contributed by atoms with Crippen molar-refractivity contribution in [3.05, 3.63) is 90.0 Å². The van der Waals surface area contributed by atoms with E-state index in [1.807, 2.05) is 54.6 Å². The van der Waals surface area contributed by atoms with Crippen LogP contribution >= 0.6 is 0 Å². The van der Waals surface area contributed by atoms with Gasteiger partial charge in [-0.1, -0.05) is 42.5 Å². The summed E-state index contributed by atoms with van der Waals surface area (Å²) in [5.41, 5.74) is 1.95. The summed E-state index contributed by atoms with van der Waals surface area (Å²) >= 11 is 0. The van der Waals surface area contributed by atoms with Crippen LogP contribution < -0.4 is 14.5 Å². The van der Waals surface area contributed by atoms with Gasteiger partial charge in [-0.25, -0.2) is 0 Å². The van der Waals surface area contributed by atoms with E-state index in [0.717, 1.165) is 16.9 Å². The maximum Gasteiger partial charge on any atom is 0.259 e. The first-order valence-corrected chi connectivity index (χ1v) is 9.87. The largest absolute Gasteiger partial charge is 0.497 e. The van der Waals surface area contributed by atoms with Crippen LogP contribution in [0.5, 0.6) is 5.75 Å². The molecular formula is C25H24N2O3. The number of benzene rings is 3. The zero-order valence-electron chi connectivity index (χ0n) is 17.3. The molecule has 1 aliphatic rings. The minimum Gasteiger partial charge on any atom is -0.497 e. The van der Waals surface area contributed by atoms with E-state index in [-0.39, 0.29) is 11.8 Å².